The Morgan fingerprint density at radius 3 is 2.43 bits per heavy atom. The SMILES string of the molecule is CCOc1ccc(C(=O)CC(NC2CCCCC2)C(=O)O)cc1. The van der Waals surface area contributed by atoms with Gasteiger partial charge in [0.05, 0.1) is 6.61 Å². The summed E-state index contributed by atoms with van der Waals surface area (Å²) in [6.07, 6.45) is 5.40. The van der Waals surface area contributed by atoms with Gasteiger partial charge < -0.3 is 15.2 Å². The molecule has 126 valence electrons. The number of benzene rings is 1. The minimum absolute atomic E-state index is 0.0280. The lowest BCUT2D eigenvalue weighted by Crippen LogP contribution is -2.45. The highest BCUT2D eigenvalue weighted by molar-refractivity contribution is 5.98. The van der Waals surface area contributed by atoms with Gasteiger partial charge in [0.2, 0.25) is 0 Å². The number of Topliss-reactive ketones (excluding diaryl/α,β-unsaturated/α-hetero) is 1. The third-order valence-corrected chi connectivity index (χ3v) is 4.22. The van der Waals surface area contributed by atoms with Crippen molar-refractivity contribution < 1.29 is 19.4 Å². The highest BCUT2D eigenvalue weighted by Crippen LogP contribution is 2.19. The van der Waals surface area contributed by atoms with Crippen LogP contribution in [-0.2, 0) is 4.79 Å². The van der Waals surface area contributed by atoms with E-state index in [0.29, 0.717) is 17.9 Å². The number of hydrogen-bond acceptors (Lipinski definition) is 4. The van der Waals surface area contributed by atoms with Crippen molar-refractivity contribution in [3.8, 4) is 5.75 Å². The molecule has 0 bridgehead atoms. The van der Waals surface area contributed by atoms with Gasteiger partial charge in [0.15, 0.2) is 5.78 Å². The van der Waals surface area contributed by atoms with Gasteiger partial charge in [0, 0.05) is 18.0 Å². The van der Waals surface area contributed by atoms with E-state index in [1.807, 2.05) is 6.92 Å². The number of carboxylic acids is 1. The molecule has 0 radical (unpaired) electrons. The Hall–Kier alpha value is -1.88. The van der Waals surface area contributed by atoms with Gasteiger partial charge in [-0.05, 0) is 44.0 Å². The van der Waals surface area contributed by atoms with Crippen LogP contribution in [-0.4, -0.2) is 35.5 Å². The van der Waals surface area contributed by atoms with Gasteiger partial charge in [-0.2, -0.15) is 0 Å². The summed E-state index contributed by atoms with van der Waals surface area (Å²) in [4.78, 5) is 23.8. The molecule has 2 N–H and O–H groups in total. The molecule has 1 aliphatic rings. The number of hydrogen-bond donors (Lipinski definition) is 2. The number of nitrogens with one attached hydrogen (secondary N) is 1. The molecule has 1 aromatic rings. The van der Waals surface area contributed by atoms with Crippen LogP contribution in [0.5, 0.6) is 5.75 Å². The number of aliphatic carboxylic acids is 1. The smallest absolute Gasteiger partial charge is 0.321 e. The summed E-state index contributed by atoms with van der Waals surface area (Å²) >= 11 is 0. The highest BCUT2D eigenvalue weighted by atomic mass is 16.5. The number of carbonyl (C=O) groups is 2. The molecule has 1 aliphatic carbocycles. The van der Waals surface area contributed by atoms with Gasteiger partial charge in [-0.25, -0.2) is 0 Å². The Kier molecular flexibility index (Phi) is 6.59. The number of rotatable bonds is 8. The van der Waals surface area contributed by atoms with E-state index >= 15 is 0 Å². The van der Waals surface area contributed by atoms with Crippen LogP contribution >= 0.6 is 0 Å². The summed E-state index contributed by atoms with van der Waals surface area (Å²) in [5.74, 6) is -0.419. The average molecular weight is 319 g/mol. The molecule has 0 aromatic heterocycles. The Balaban J connectivity index is 1.95. The van der Waals surface area contributed by atoms with Crippen LogP contribution in [0.1, 0.15) is 55.8 Å². The predicted molar refractivity (Wildman–Crippen MR) is 88.0 cm³/mol. The van der Waals surface area contributed by atoms with Crippen LogP contribution in [0.4, 0.5) is 0 Å². The van der Waals surface area contributed by atoms with Crippen molar-refractivity contribution in [3.63, 3.8) is 0 Å². The first-order valence-corrected chi connectivity index (χ1v) is 8.35. The summed E-state index contributed by atoms with van der Waals surface area (Å²) in [6.45, 7) is 2.47. The van der Waals surface area contributed by atoms with Gasteiger partial charge in [0.25, 0.3) is 0 Å². The quantitative estimate of drug-likeness (QED) is 0.720. The fourth-order valence-corrected chi connectivity index (χ4v) is 2.98. The van der Waals surface area contributed by atoms with Gasteiger partial charge in [-0.1, -0.05) is 19.3 Å². The van der Waals surface area contributed by atoms with Gasteiger partial charge in [-0.3, -0.25) is 9.59 Å². The van der Waals surface area contributed by atoms with Crippen molar-refractivity contribution in [1.82, 2.24) is 5.32 Å². The molecule has 0 aliphatic heterocycles. The van der Waals surface area contributed by atoms with E-state index in [9.17, 15) is 14.7 Å². The molecule has 1 saturated carbocycles. The number of carboxylic acid groups (broad SMARTS) is 1. The van der Waals surface area contributed by atoms with Gasteiger partial charge in [-0.15, -0.1) is 0 Å². The molecule has 5 heteroatoms. The summed E-state index contributed by atoms with van der Waals surface area (Å²) in [5.41, 5.74) is 0.519. The van der Waals surface area contributed by atoms with Gasteiger partial charge in [0.1, 0.15) is 11.8 Å². The summed E-state index contributed by atoms with van der Waals surface area (Å²) in [5, 5.41) is 12.5. The molecule has 23 heavy (non-hydrogen) atoms. The van der Waals surface area contributed by atoms with Crippen LogP contribution in [0.15, 0.2) is 24.3 Å². The van der Waals surface area contributed by atoms with Crippen LogP contribution in [0, 0.1) is 0 Å². The maximum atomic E-state index is 12.3. The Bertz CT molecular complexity index is 520. The molecule has 1 fully saturated rings. The molecule has 0 saturated heterocycles. The van der Waals surface area contributed by atoms with Crippen molar-refractivity contribution in [1.29, 1.82) is 0 Å². The topological polar surface area (TPSA) is 75.6 Å². The summed E-state index contributed by atoms with van der Waals surface area (Å²) in [6, 6.07) is 6.23. The van der Waals surface area contributed by atoms with Crippen LogP contribution in [0.25, 0.3) is 0 Å². The zero-order valence-corrected chi connectivity index (χ0v) is 13.6. The highest BCUT2D eigenvalue weighted by Gasteiger charge is 2.25. The zero-order valence-electron chi connectivity index (χ0n) is 13.6. The summed E-state index contributed by atoms with van der Waals surface area (Å²) < 4.78 is 5.34. The average Bonchev–Trinajstić information content (AvgIpc) is 2.56. The normalized spacial score (nSPS) is 16.7. The van der Waals surface area contributed by atoms with E-state index in [-0.39, 0.29) is 18.2 Å². The van der Waals surface area contributed by atoms with Crippen LogP contribution in [0.2, 0.25) is 0 Å². The van der Waals surface area contributed by atoms with Gasteiger partial charge >= 0.3 is 5.97 Å². The standard InChI is InChI=1S/C18H25NO4/c1-2-23-15-10-8-13(9-11-15)17(20)12-16(18(21)22)19-14-6-4-3-5-7-14/h8-11,14,16,19H,2-7,12H2,1H3,(H,21,22). The van der Waals surface area contributed by atoms with Crippen molar-refractivity contribution in [3.05, 3.63) is 29.8 Å². The number of ketones is 1. The Morgan fingerprint density at radius 1 is 1.22 bits per heavy atom. The van der Waals surface area contributed by atoms with E-state index in [4.69, 9.17) is 4.74 Å². The third-order valence-electron chi connectivity index (χ3n) is 4.22. The lowest BCUT2D eigenvalue weighted by atomic mass is 9.94. The first-order valence-electron chi connectivity index (χ1n) is 8.35. The largest absolute Gasteiger partial charge is 0.494 e. The predicted octanol–water partition coefficient (Wildman–Crippen LogP) is 3.03. The fourth-order valence-electron chi connectivity index (χ4n) is 2.98. The van der Waals surface area contributed by atoms with Crippen LogP contribution < -0.4 is 10.1 Å². The number of ether oxygens (including phenoxy) is 1. The lowest BCUT2D eigenvalue weighted by Gasteiger charge is -2.26. The van der Waals surface area contributed by atoms with Crippen LogP contribution in [0.3, 0.4) is 0 Å². The molecule has 1 atom stereocenters. The maximum Gasteiger partial charge on any atom is 0.321 e. The van der Waals surface area contributed by atoms with E-state index < -0.39 is 12.0 Å². The molecular weight excluding hydrogens is 294 g/mol. The first kappa shape index (κ1) is 17.5. The second-order valence-electron chi connectivity index (χ2n) is 5.98. The fraction of sp³-hybridized carbons (Fsp3) is 0.556. The zero-order chi connectivity index (χ0) is 16.7. The van der Waals surface area contributed by atoms with Crippen molar-refractivity contribution in [2.45, 2.75) is 57.5 Å². The monoisotopic (exact) mass is 319 g/mol. The van der Waals surface area contributed by atoms with E-state index in [2.05, 4.69) is 5.32 Å². The number of carbonyl (C=O) groups excluding carboxylic acids is 1. The Labute approximate surface area is 137 Å². The van der Waals surface area contributed by atoms with E-state index in [0.717, 1.165) is 25.7 Å². The van der Waals surface area contributed by atoms with Crippen molar-refractivity contribution in [2.75, 3.05) is 6.61 Å². The lowest BCUT2D eigenvalue weighted by molar-refractivity contribution is -0.139. The van der Waals surface area contributed by atoms with Crippen molar-refractivity contribution in [2.24, 2.45) is 0 Å². The molecule has 0 spiro atoms. The third kappa shape index (κ3) is 5.36. The van der Waals surface area contributed by atoms with Crippen molar-refractivity contribution >= 4 is 11.8 Å². The maximum absolute atomic E-state index is 12.3. The van der Waals surface area contributed by atoms with E-state index in [1.165, 1.54) is 6.42 Å². The molecule has 0 amide bonds. The minimum Gasteiger partial charge on any atom is -0.494 e. The molecule has 0 heterocycles. The first-order chi connectivity index (χ1) is 11.1. The summed E-state index contributed by atoms with van der Waals surface area (Å²) in [7, 11) is 0. The second-order valence-corrected chi connectivity index (χ2v) is 5.98. The molecule has 1 aromatic carbocycles. The molecular formula is C18H25NO4. The molecule has 1 unspecified atom stereocenters. The molecule has 5 nitrogen and oxygen atoms in total. The molecule has 2 rings (SSSR count). The Morgan fingerprint density at radius 2 is 1.87 bits per heavy atom. The minimum atomic E-state index is -0.963. The second kappa shape index (κ2) is 8.67. The van der Waals surface area contributed by atoms with E-state index in [1.54, 1.807) is 24.3 Å².